The number of urea groups is 1. The smallest absolute Gasteiger partial charge is 0.315 e. The summed E-state index contributed by atoms with van der Waals surface area (Å²) in [6.45, 7) is 17.5. The molecule has 5 N–H and O–H groups in total. The van der Waals surface area contributed by atoms with E-state index < -0.39 is 59.1 Å². The first kappa shape index (κ1) is 37.7. The summed E-state index contributed by atoms with van der Waals surface area (Å²) >= 11 is 1.34. The number of nitrogens with one attached hydrogen (secondary N) is 3. The first-order chi connectivity index (χ1) is 19.9. The number of rotatable bonds is 12. The molecule has 0 spiro atoms. The second-order valence-electron chi connectivity index (χ2n) is 12.8. The molecule has 0 radical (unpaired) electrons. The predicted octanol–water partition coefficient (Wildman–Crippen LogP) is 3.66. The van der Waals surface area contributed by atoms with Crippen LogP contribution in [0.3, 0.4) is 0 Å². The lowest BCUT2D eigenvalue weighted by Gasteiger charge is -2.36. The molecule has 0 saturated carbocycles. The summed E-state index contributed by atoms with van der Waals surface area (Å²) in [4.78, 5) is 77.1. The van der Waals surface area contributed by atoms with Gasteiger partial charge in [0.05, 0.1) is 10.9 Å². The average Bonchev–Trinajstić information content (AvgIpc) is 3.63. The lowest BCUT2D eigenvalue weighted by Crippen LogP contribution is -2.60. The van der Waals surface area contributed by atoms with Crippen LogP contribution in [0, 0.1) is 17.3 Å². The molecular formula is C31H51N5O6S. The van der Waals surface area contributed by atoms with Gasteiger partial charge in [-0.2, -0.15) is 0 Å². The summed E-state index contributed by atoms with van der Waals surface area (Å²) in [7, 11) is 0. The van der Waals surface area contributed by atoms with Crippen molar-refractivity contribution in [3.63, 3.8) is 0 Å². The van der Waals surface area contributed by atoms with Crippen LogP contribution in [0.25, 0.3) is 0 Å². The minimum Gasteiger partial charge on any atom is -0.363 e. The number of nitrogens with two attached hydrogens (primary N) is 1. The molecule has 242 valence electrons. The van der Waals surface area contributed by atoms with Crippen molar-refractivity contribution >= 4 is 46.7 Å². The molecule has 1 aliphatic rings. The van der Waals surface area contributed by atoms with Crippen molar-refractivity contribution in [2.24, 2.45) is 23.0 Å². The number of hydrogen-bond acceptors (Lipinski definition) is 7. The zero-order chi connectivity index (χ0) is 33.1. The molecule has 43 heavy (non-hydrogen) atoms. The SMILES string of the molecule is CC(NC(=O)C1CCCN1C(=O)C(NC(=O)NC(CC(=O)c1cccs1)C(C)C)C(C)(C)C)C(=O)C(N)=O.CCC(C)C. The normalized spacial score (nSPS) is 16.9. The van der Waals surface area contributed by atoms with Gasteiger partial charge in [-0.3, -0.25) is 24.0 Å². The third-order valence-corrected chi connectivity index (χ3v) is 8.27. The van der Waals surface area contributed by atoms with E-state index in [1.54, 1.807) is 32.9 Å². The van der Waals surface area contributed by atoms with Crippen molar-refractivity contribution in [1.82, 2.24) is 20.9 Å². The Balaban J connectivity index is 0.00000170. The highest BCUT2D eigenvalue weighted by atomic mass is 32.1. The van der Waals surface area contributed by atoms with E-state index in [-0.39, 0.29) is 18.1 Å². The van der Waals surface area contributed by atoms with Crippen molar-refractivity contribution in [2.75, 3.05) is 6.54 Å². The monoisotopic (exact) mass is 621 g/mol. The summed E-state index contributed by atoms with van der Waals surface area (Å²) in [6, 6.07) is -0.444. The summed E-state index contributed by atoms with van der Waals surface area (Å²) in [5.74, 6) is -2.32. The molecule has 1 aromatic rings. The minimum absolute atomic E-state index is 0.0368. The number of carbonyl (C=O) groups is 6. The standard InChI is InChI=1S/C26H39N5O6S.C5H12/c1-14(2)16(13-18(32)19-10-8-12-38-19)29-25(37)30-21(26(4,5)6)24(36)31-11-7-9-17(31)23(35)28-15(3)20(33)22(27)34;1-4-5(2)3/h8,10,12,14-17,21H,7,9,11,13H2,1-6H3,(H2,27,34)(H,28,35)(H2,29,30,37);5H,4H2,1-3H3. The van der Waals surface area contributed by atoms with E-state index in [0.717, 1.165) is 5.92 Å². The topological polar surface area (TPSA) is 168 Å². The largest absolute Gasteiger partial charge is 0.363 e. The highest BCUT2D eigenvalue weighted by molar-refractivity contribution is 7.12. The molecule has 4 atom stereocenters. The fourth-order valence-corrected chi connectivity index (χ4v) is 4.91. The highest BCUT2D eigenvalue weighted by Gasteiger charge is 2.42. The Morgan fingerprint density at radius 1 is 1.02 bits per heavy atom. The molecule has 1 aromatic heterocycles. The predicted molar refractivity (Wildman–Crippen MR) is 168 cm³/mol. The van der Waals surface area contributed by atoms with E-state index in [9.17, 15) is 28.8 Å². The van der Waals surface area contributed by atoms with Gasteiger partial charge in [-0.05, 0) is 48.5 Å². The number of nitrogens with zero attached hydrogens (tertiary/aromatic N) is 1. The van der Waals surface area contributed by atoms with Crippen LogP contribution in [0.2, 0.25) is 0 Å². The van der Waals surface area contributed by atoms with Crippen LogP contribution < -0.4 is 21.7 Å². The van der Waals surface area contributed by atoms with Crippen molar-refractivity contribution in [3.05, 3.63) is 22.4 Å². The van der Waals surface area contributed by atoms with Crippen molar-refractivity contribution in [1.29, 1.82) is 0 Å². The van der Waals surface area contributed by atoms with Crippen LogP contribution in [0.4, 0.5) is 4.79 Å². The van der Waals surface area contributed by atoms with E-state index in [4.69, 9.17) is 5.73 Å². The number of amides is 5. The zero-order valence-corrected chi connectivity index (χ0v) is 27.9. The van der Waals surface area contributed by atoms with E-state index in [2.05, 4.69) is 36.7 Å². The van der Waals surface area contributed by atoms with Gasteiger partial charge < -0.3 is 26.6 Å². The van der Waals surface area contributed by atoms with E-state index in [1.165, 1.54) is 29.6 Å². The number of likely N-dealkylation sites (tertiary alicyclic amines) is 1. The van der Waals surface area contributed by atoms with Gasteiger partial charge >= 0.3 is 6.03 Å². The zero-order valence-electron chi connectivity index (χ0n) is 27.1. The molecular weight excluding hydrogens is 570 g/mol. The molecule has 5 amide bonds. The van der Waals surface area contributed by atoms with Crippen LogP contribution in [0.1, 0.15) is 97.7 Å². The van der Waals surface area contributed by atoms with Gasteiger partial charge in [0.1, 0.15) is 12.1 Å². The van der Waals surface area contributed by atoms with Crippen LogP contribution in [0.15, 0.2) is 17.5 Å². The van der Waals surface area contributed by atoms with Gasteiger partial charge in [-0.15, -0.1) is 11.3 Å². The Kier molecular flexibility index (Phi) is 15.0. The number of hydrogen-bond donors (Lipinski definition) is 4. The molecule has 0 aromatic carbocycles. The molecule has 2 rings (SSSR count). The molecule has 0 aliphatic carbocycles. The summed E-state index contributed by atoms with van der Waals surface area (Å²) < 4.78 is 0. The highest BCUT2D eigenvalue weighted by Crippen LogP contribution is 2.26. The van der Waals surface area contributed by atoms with E-state index in [1.807, 2.05) is 19.2 Å². The second-order valence-corrected chi connectivity index (χ2v) is 13.8. The van der Waals surface area contributed by atoms with Gasteiger partial charge in [0, 0.05) is 19.0 Å². The maximum atomic E-state index is 13.6. The van der Waals surface area contributed by atoms with E-state index >= 15 is 0 Å². The Morgan fingerprint density at radius 2 is 1.63 bits per heavy atom. The number of Topliss-reactive ketones (excluding diaryl/α,β-unsaturated/α-hetero) is 2. The van der Waals surface area contributed by atoms with Gasteiger partial charge in [-0.25, -0.2) is 4.79 Å². The maximum absolute atomic E-state index is 13.6. The maximum Gasteiger partial charge on any atom is 0.315 e. The fourth-order valence-electron chi connectivity index (χ4n) is 4.24. The minimum atomic E-state index is -1.16. The van der Waals surface area contributed by atoms with Gasteiger partial charge in [0.25, 0.3) is 5.91 Å². The molecule has 2 heterocycles. The van der Waals surface area contributed by atoms with Crippen LogP contribution in [-0.4, -0.2) is 70.9 Å². The summed E-state index contributed by atoms with van der Waals surface area (Å²) in [5, 5.41) is 9.89. The van der Waals surface area contributed by atoms with Crippen LogP contribution in [-0.2, 0) is 19.2 Å². The van der Waals surface area contributed by atoms with Crippen LogP contribution in [0.5, 0.6) is 0 Å². The lowest BCUT2D eigenvalue weighted by atomic mass is 9.85. The Labute approximate surface area is 260 Å². The molecule has 12 heteroatoms. The summed E-state index contributed by atoms with van der Waals surface area (Å²) in [5.41, 5.74) is 4.31. The van der Waals surface area contributed by atoms with Crippen molar-refractivity contribution < 1.29 is 28.8 Å². The quantitative estimate of drug-likeness (QED) is 0.205. The Bertz CT molecular complexity index is 1110. The van der Waals surface area contributed by atoms with E-state index in [0.29, 0.717) is 24.3 Å². The van der Waals surface area contributed by atoms with Gasteiger partial charge in [0.2, 0.25) is 17.6 Å². The number of thiophene rings is 1. The first-order valence-electron chi connectivity index (χ1n) is 15.0. The van der Waals surface area contributed by atoms with Crippen molar-refractivity contribution in [2.45, 2.75) is 112 Å². The van der Waals surface area contributed by atoms with Crippen molar-refractivity contribution in [3.8, 4) is 0 Å². The number of primary amides is 1. The average molecular weight is 622 g/mol. The molecule has 11 nitrogen and oxygen atoms in total. The molecule has 4 unspecified atom stereocenters. The number of carbonyl (C=O) groups excluding carboxylic acids is 6. The fraction of sp³-hybridized carbons (Fsp3) is 0.677. The molecule has 1 aliphatic heterocycles. The third-order valence-electron chi connectivity index (χ3n) is 7.36. The Morgan fingerprint density at radius 3 is 2.09 bits per heavy atom. The van der Waals surface area contributed by atoms with Gasteiger partial charge in [0.15, 0.2) is 5.78 Å². The van der Waals surface area contributed by atoms with Gasteiger partial charge in [-0.1, -0.05) is 67.9 Å². The molecule has 0 bridgehead atoms. The second kappa shape index (κ2) is 17.1. The molecule has 1 fully saturated rings. The lowest BCUT2D eigenvalue weighted by molar-refractivity contribution is -0.143. The third kappa shape index (κ3) is 12.1. The Hall–Kier alpha value is -3.28. The van der Waals surface area contributed by atoms with Crippen LogP contribution >= 0.6 is 11.3 Å². The first-order valence-corrected chi connectivity index (χ1v) is 15.9. The summed E-state index contributed by atoms with van der Waals surface area (Å²) in [6.07, 6.45) is 2.36. The number of ketones is 2. The molecule has 1 saturated heterocycles.